The largest absolute Gasteiger partial charge is 0.378 e. The predicted octanol–water partition coefficient (Wildman–Crippen LogP) is 4.79. The number of nitrogens with zero attached hydrogens (tertiary/aromatic N) is 3. The number of hydrazone groups is 1. The maximum absolute atomic E-state index is 4.75. The summed E-state index contributed by atoms with van der Waals surface area (Å²) >= 11 is 0. The SMILES string of the molecule is CN(C)c1ccc(/C=N/N(Cc2ccccc2)Cc2ccccc2)cc1. The lowest BCUT2D eigenvalue weighted by molar-refractivity contribution is 0.272. The summed E-state index contributed by atoms with van der Waals surface area (Å²) in [7, 11) is 4.09. The molecule has 3 rings (SSSR count). The molecular weight excluding hydrogens is 318 g/mol. The molecule has 0 amide bonds. The molecule has 0 spiro atoms. The van der Waals surface area contributed by atoms with Crippen molar-refractivity contribution in [2.75, 3.05) is 19.0 Å². The number of rotatable bonds is 7. The second kappa shape index (κ2) is 8.86. The Morgan fingerprint density at radius 1 is 0.692 bits per heavy atom. The Bertz CT molecular complexity index is 768. The summed E-state index contributed by atoms with van der Waals surface area (Å²) in [6, 6.07) is 29.3. The van der Waals surface area contributed by atoms with E-state index >= 15 is 0 Å². The minimum Gasteiger partial charge on any atom is -0.378 e. The van der Waals surface area contributed by atoms with Gasteiger partial charge in [-0.05, 0) is 28.8 Å². The molecule has 0 aromatic heterocycles. The Kier molecular flexibility index (Phi) is 6.05. The van der Waals surface area contributed by atoms with Gasteiger partial charge in [-0.15, -0.1) is 0 Å². The Morgan fingerprint density at radius 3 is 1.65 bits per heavy atom. The molecule has 0 aliphatic heterocycles. The normalized spacial score (nSPS) is 10.8. The van der Waals surface area contributed by atoms with E-state index in [0.717, 1.165) is 18.7 Å². The van der Waals surface area contributed by atoms with Gasteiger partial charge in [0, 0.05) is 19.8 Å². The average Bonchev–Trinajstić information content (AvgIpc) is 2.68. The van der Waals surface area contributed by atoms with Gasteiger partial charge in [-0.3, -0.25) is 5.01 Å². The first kappa shape index (κ1) is 17.7. The molecule has 0 N–H and O–H groups in total. The van der Waals surface area contributed by atoms with Crippen molar-refractivity contribution in [2.24, 2.45) is 5.10 Å². The number of anilines is 1. The van der Waals surface area contributed by atoms with Gasteiger partial charge in [0.2, 0.25) is 0 Å². The highest BCUT2D eigenvalue weighted by molar-refractivity contribution is 5.80. The van der Waals surface area contributed by atoms with Crippen LogP contribution in [0, 0.1) is 0 Å². The van der Waals surface area contributed by atoms with Crippen LogP contribution in [-0.4, -0.2) is 25.3 Å². The van der Waals surface area contributed by atoms with Crippen molar-refractivity contribution < 1.29 is 0 Å². The van der Waals surface area contributed by atoms with Crippen LogP contribution in [0.2, 0.25) is 0 Å². The quantitative estimate of drug-likeness (QED) is 0.454. The number of benzene rings is 3. The van der Waals surface area contributed by atoms with Crippen LogP contribution in [0.5, 0.6) is 0 Å². The summed E-state index contributed by atoms with van der Waals surface area (Å²) in [6.45, 7) is 1.56. The molecule has 3 heteroatoms. The molecule has 0 aliphatic rings. The van der Waals surface area contributed by atoms with Crippen molar-refractivity contribution >= 4 is 11.9 Å². The van der Waals surface area contributed by atoms with Crippen molar-refractivity contribution in [1.82, 2.24) is 5.01 Å². The molecule has 3 aromatic rings. The second-order valence-electron chi connectivity index (χ2n) is 6.52. The van der Waals surface area contributed by atoms with Gasteiger partial charge in [0.15, 0.2) is 0 Å². The molecule has 0 atom stereocenters. The van der Waals surface area contributed by atoms with E-state index in [2.05, 4.69) is 82.7 Å². The van der Waals surface area contributed by atoms with E-state index in [1.165, 1.54) is 16.8 Å². The molecule has 3 nitrogen and oxygen atoms in total. The molecule has 0 radical (unpaired) electrons. The molecule has 0 bridgehead atoms. The Balaban J connectivity index is 1.75. The fraction of sp³-hybridized carbons (Fsp3) is 0.174. The molecule has 26 heavy (non-hydrogen) atoms. The molecule has 0 saturated carbocycles. The Labute approximate surface area is 156 Å². The highest BCUT2D eigenvalue weighted by Gasteiger charge is 2.04. The number of hydrogen-bond donors (Lipinski definition) is 0. The summed E-state index contributed by atoms with van der Waals surface area (Å²) in [5.41, 5.74) is 4.79. The van der Waals surface area contributed by atoms with E-state index in [1.807, 2.05) is 32.4 Å². The summed E-state index contributed by atoms with van der Waals surface area (Å²) < 4.78 is 0. The fourth-order valence-corrected chi connectivity index (χ4v) is 2.73. The molecule has 0 fully saturated rings. The summed E-state index contributed by atoms with van der Waals surface area (Å²) in [5.74, 6) is 0. The van der Waals surface area contributed by atoms with Crippen LogP contribution in [0.1, 0.15) is 16.7 Å². The van der Waals surface area contributed by atoms with E-state index in [1.54, 1.807) is 0 Å². The lowest BCUT2D eigenvalue weighted by atomic mass is 10.2. The first-order chi connectivity index (χ1) is 12.7. The lowest BCUT2D eigenvalue weighted by Gasteiger charge is -2.19. The van der Waals surface area contributed by atoms with Crippen LogP contribution in [0.4, 0.5) is 5.69 Å². The van der Waals surface area contributed by atoms with Crippen LogP contribution in [0.3, 0.4) is 0 Å². The highest BCUT2D eigenvalue weighted by atomic mass is 15.4. The molecule has 0 unspecified atom stereocenters. The smallest absolute Gasteiger partial charge is 0.0614 e. The molecule has 0 saturated heterocycles. The molecular formula is C23H25N3. The summed E-state index contributed by atoms with van der Waals surface area (Å²) in [4.78, 5) is 2.10. The molecule has 0 aliphatic carbocycles. The van der Waals surface area contributed by atoms with Crippen molar-refractivity contribution in [2.45, 2.75) is 13.1 Å². The molecule has 0 heterocycles. The van der Waals surface area contributed by atoms with Gasteiger partial charge >= 0.3 is 0 Å². The first-order valence-corrected chi connectivity index (χ1v) is 8.85. The minimum absolute atomic E-state index is 0.780. The van der Waals surface area contributed by atoms with Gasteiger partial charge in [-0.1, -0.05) is 72.8 Å². The summed E-state index contributed by atoms with van der Waals surface area (Å²) in [6.07, 6.45) is 1.94. The maximum Gasteiger partial charge on any atom is 0.0614 e. The minimum atomic E-state index is 0.780. The van der Waals surface area contributed by atoms with E-state index < -0.39 is 0 Å². The zero-order valence-electron chi connectivity index (χ0n) is 15.4. The van der Waals surface area contributed by atoms with Crippen LogP contribution in [-0.2, 0) is 13.1 Å². The van der Waals surface area contributed by atoms with Gasteiger partial charge in [-0.2, -0.15) is 5.10 Å². The van der Waals surface area contributed by atoms with E-state index in [-0.39, 0.29) is 0 Å². The average molecular weight is 343 g/mol. The number of hydrogen-bond acceptors (Lipinski definition) is 3. The van der Waals surface area contributed by atoms with Crippen LogP contribution < -0.4 is 4.90 Å². The van der Waals surface area contributed by atoms with Gasteiger partial charge in [0.1, 0.15) is 0 Å². The second-order valence-corrected chi connectivity index (χ2v) is 6.52. The van der Waals surface area contributed by atoms with Crippen molar-refractivity contribution in [3.05, 3.63) is 102 Å². The Morgan fingerprint density at radius 2 is 1.19 bits per heavy atom. The maximum atomic E-state index is 4.75. The van der Waals surface area contributed by atoms with E-state index in [9.17, 15) is 0 Å². The van der Waals surface area contributed by atoms with Crippen molar-refractivity contribution in [1.29, 1.82) is 0 Å². The van der Waals surface area contributed by atoms with Gasteiger partial charge < -0.3 is 4.90 Å². The third kappa shape index (κ3) is 5.21. The van der Waals surface area contributed by atoms with Crippen LogP contribution in [0.15, 0.2) is 90.0 Å². The topological polar surface area (TPSA) is 18.8 Å². The van der Waals surface area contributed by atoms with Crippen molar-refractivity contribution in [3.8, 4) is 0 Å². The first-order valence-electron chi connectivity index (χ1n) is 8.85. The predicted molar refractivity (Wildman–Crippen MR) is 110 cm³/mol. The lowest BCUT2D eigenvalue weighted by Crippen LogP contribution is -2.17. The Hall–Kier alpha value is -3.07. The third-order valence-corrected chi connectivity index (χ3v) is 4.20. The molecule has 3 aromatic carbocycles. The van der Waals surface area contributed by atoms with Gasteiger partial charge in [0.25, 0.3) is 0 Å². The third-order valence-electron chi connectivity index (χ3n) is 4.20. The zero-order valence-corrected chi connectivity index (χ0v) is 15.4. The van der Waals surface area contributed by atoms with Crippen molar-refractivity contribution in [3.63, 3.8) is 0 Å². The fourth-order valence-electron chi connectivity index (χ4n) is 2.73. The molecule has 132 valence electrons. The summed E-state index contributed by atoms with van der Waals surface area (Å²) in [5, 5.41) is 6.86. The van der Waals surface area contributed by atoms with Gasteiger partial charge in [0.05, 0.1) is 19.3 Å². The van der Waals surface area contributed by atoms with Crippen LogP contribution in [0.25, 0.3) is 0 Å². The van der Waals surface area contributed by atoms with E-state index in [0.29, 0.717) is 0 Å². The monoisotopic (exact) mass is 343 g/mol. The highest BCUT2D eigenvalue weighted by Crippen LogP contribution is 2.13. The zero-order chi connectivity index (χ0) is 18.2. The van der Waals surface area contributed by atoms with Gasteiger partial charge in [-0.25, -0.2) is 0 Å². The van der Waals surface area contributed by atoms with Crippen LogP contribution >= 0.6 is 0 Å². The van der Waals surface area contributed by atoms with E-state index in [4.69, 9.17) is 5.10 Å². The standard InChI is InChI=1S/C23H25N3/c1-25(2)23-15-13-20(14-16-23)17-24-26(18-21-9-5-3-6-10-21)19-22-11-7-4-8-12-22/h3-17H,18-19H2,1-2H3/b24-17+.